The minimum atomic E-state index is 1.11. The number of benzene rings is 8. The van der Waals surface area contributed by atoms with Gasteiger partial charge in [0, 0.05) is 16.8 Å². The Morgan fingerprint density at radius 3 is 1.60 bits per heavy atom. The highest BCUT2D eigenvalue weighted by molar-refractivity contribution is 6.12. The van der Waals surface area contributed by atoms with Crippen LogP contribution in [0.3, 0.4) is 0 Å². The highest BCUT2D eigenvalue weighted by Crippen LogP contribution is 2.48. The van der Waals surface area contributed by atoms with Crippen molar-refractivity contribution in [1.82, 2.24) is 0 Å². The summed E-state index contributed by atoms with van der Waals surface area (Å²) in [6.45, 7) is 0. The molecule has 0 aromatic heterocycles. The fourth-order valence-electron chi connectivity index (χ4n) is 6.55. The molecule has 0 saturated carbocycles. The first-order valence-corrected chi connectivity index (χ1v) is 15.5. The van der Waals surface area contributed by atoms with Crippen LogP contribution in [0.2, 0.25) is 0 Å². The lowest BCUT2D eigenvalue weighted by Gasteiger charge is -2.31. The Kier molecular flexibility index (Phi) is 6.90. The van der Waals surface area contributed by atoms with Crippen molar-refractivity contribution in [1.29, 1.82) is 0 Å². The number of para-hydroxylation sites is 1. The predicted octanol–water partition coefficient (Wildman–Crippen LogP) is 12.5. The van der Waals surface area contributed by atoms with E-state index < -0.39 is 0 Å². The molecule has 0 atom stereocenters. The average molecular weight is 574 g/mol. The van der Waals surface area contributed by atoms with E-state index in [0.717, 1.165) is 17.1 Å². The Balaban J connectivity index is 1.47. The smallest absolute Gasteiger partial charge is 0.0546 e. The SMILES string of the molecule is c1ccc(-c2ccc(N(c3ccccc3)c3ccc4ccccc4c3-c3cccc4ccccc34)c(-c3ccccc3)c2)cc1. The van der Waals surface area contributed by atoms with E-state index >= 15 is 0 Å². The van der Waals surface area contributed by atoms with Crippen molar-refractivity contribution in [3.05, 3.63) is 188 Å². The fourth-order valence-corrected chi connectivity index (χ4v) is 6.55. The molecule has 212 valence electrons. The van der Waals surface area contributed by atoms with Crippen molar-refractivity contribution in [3.63, 3.8) is 0 Å². The van der Waals surface area contributed by atoms with E-state index in [2.05, 4.69) is 193 Å². The van der Waals surface area contributed by atoms with Gasteiger partial charge in [-0.05, 0) is 74.1 Å². The van der Waals surface area contributed by atoms with Gasteiger partial charge in [0.15, 0.2) is 0 Å². The molecular weight excluding hydrogens is 542 g/mol. The number of hydrogen-bond donors (Lipinski definition) is 0. The summed E-state index contributed by atoms with van der Waals surface area (Å²) in [6.07, 6.45) is 0. The molecule has 0 aliphatic heterocycles. The lowest BCUT2D eigenvalue weighted by atomic mass is 9.91. The summed E-state index contributed by atoms with van der Waals surface area (Å²) in [5, 5.41) is 4.93. The summed E-state index contributed by atoms with van der Waals surface area (Å²) >= 11 is 0. The van der Waals surface area contributed by atoms with Crippen molar-refractivity contribution in [3.8, 4) is 33.4 Å². The Hall–Kier alpha value is -5.92. The van der Waals surface area contributed by atoms with E-state index in [1.807, 2.05) is 0 Å². The topological polar surface area (TPSA) is 3.24 Å². The maximum absolute atomic E-state index is 2.45. The standard InChI is InChI=1S/C44H31N/c1-4-15-32(16-5-1)36-28-29-42(41(31-36)34-17-6-2-7-18-34)45(37-22-8-3-9-23-37)43-30-27-35-20-11-13-25-39(35)44(43)40-26-14-21-33-19-10-12-24-38(33)40/h1-31H. The van der Waals surface area contributed by atoms with Crippen LogP contribution in [0.4, 0.5) is 17.1 Å². The van der Waals surface area contributed by atoms with E-state index in [9.17, 15) is 0 Å². The molecule has 8 aromatic carbocycles. The highest BCUT2D eigenvalue weighted by Gasteiger charge is 2.23. The molecule has 0 heterocycles. The highest BCUT2D eigenvalue weighted by atomic mass is 15.1. The molecule has 8 aromatic rings. The zero-order valence-corrected chi connectivity index (χ0v) is 24.8. The van der Waals surface area contributed by atoms with E-state index in [1.54, 1.807) is 0 Å². The van der Waals surface area contributed by atoms with E-state index in [1.165, 1.54) is 54.9 Å². The monoisotopic (exact) mass is 573 g/mol. The van der Waals surface area contributed by atoms with Crippen molar-refractivity contribution >= 4 is 38.6 Å². The van der Waals surface area contributed by atoms with Gasteiger partial charge in [-0.2, -0.15) is 0 Å². The van der Waals surface area contributed by atoms with Gasteiger partial charge < -0.3 is 4.90 Å². The quantitative estimate of drug-likeness (QED) is 0.191. The minimum absolute atomic E-state index is 1.11. The summed E-state index contributed by atoms with van der Waals surface area (Å²) in [5.74, 6) is 0. The number of anilines is 3. The summed E-state index contributed by atoms with van der Waals surface area (Å²) in [4.78, 5) is 2.45. The molecule has 45 heavy (non-hydrogen) atoms. The number of nitrogens with zero attached hydrogens (tertiary/aromatic N) is 1. The molecule has 0 bridgehead atoms. The molecule has 0 aliphatic rings. The first-order chi connectivity index (χ1) is 22.3. The molecule has 1 nitrogen and oxygen atoms in total. The van der Waals surface area contributed by atoms with E-state index in [4.69, 9.17) is 0 Å². The molecule has 0 spiro atoms. The van der Waals surface area contributed by atoms with Crippen LogP contribution in [0.15, 0.2) is 188 Å². The number of fused-ring (bicyclic) bond motifs is 2. The third-order valence-electron chi connectivity index (χ3n) is 8.65. The Morgan fingerprint density at radius 1 is 0.311 bits per heavy atom. The summed E-state index contributed by atoms with van der Waals surface area (Å²) in [5.41, 5.74) is 10.6. The lowest BCUT2D eigenvalue weighted by molar-refractivity contribution is 1.29. The van der Waals surface area contributed by atoms with Crippen LogP contribution in [-0.4, -0.2) is 0 Å². The van der Waals surface area contributed by atoms with Gasteiger partial charge in [-0.1, -0.05) is 158 Å². The zero-order chi connectivity index (χ0) is 30.0. The average Bonchev–Trinajstić information content (AvgIpc) is 3.13. The molecule has 0 N–H and O–H groups in total. The maximum atomic E-state index is 2.45. The van der Waals surface area contributed by atoms with Crippen LogP contribution in [0, 0.1) is 0 Å². The van der Waals surface area contributed by atoms with E-state index in [0.29, 0.717) is 0 Å². The van der Waals surface area contributed by atoms with Gasteiger partial charge in [0.25, 0.3) is 0 Å². The Morgan fingerprint density at radius 2 is 0.867 bits per heavy atom. The molecule has 0 unspecified atom stereocenters. The van der Waals surface area contributed by atoms with Crippen LogP contribution in [0.5, 0.6) is 0 Å². The first-order valence-electron chi connectivity index (χ1n) is 15.5. The minimum Gasteiger partial charge on any atom is -0.309 e. The summed E-state index contributed by atoms with van der Waals surface area (Å²) in [7, 11) is 0. The van der Waals surface area contributed by atoms with Gasteiger partial charge >= 0.3 is 0 Å². The van der Waals surface area contributed by atoms with Crippen LogP contribution in [0.25, 0.3) is 54.9 Å². The van der Waals surface area contributed by atoms with Gasteiger partial charge in [0.2, 0.25) is 0 Å². The summed E-state index contributed by atoms with van der Waals surface area (Å²) in [6, 6.07) is 67.7. The fraction of sp³-hybridized carbons (Fsp3) is 0. The van der Waals surface area contributed by atoms with Crippen molar-refractivity contribution < 1.29 is 0 Å². The molecule has 0 amide bonds. The normalized spacial score (nSPS) is 11.1. The van der Waals surface area contributed by atoms with Gasteiger partial charge in [-0.3, -0.25) is 0 Å². The summed E-state index contributed by atoms with van der Waals surface area (Å²) < 4.78 is 0. The number of hydrogen-bond acceptors (Lipinski definition) is 1. The molecule has 0 saturated heterocycles. The largest absolute Gasteiger partial charge is 0.309 e. The van der Waals surface area contributed by atoms with Gasteiger partial charge in [0.05, 0.1) is 11.4 Å². The third-order valence-corrected chi connectivity index (χ3v) is 8.65. The Bertz CT molecular complexity index is 2250. The van der Waals surface area contributed by atoms with Crippen molar-refractivity contribution in [2.75, 3.05) is 4.90 Å². The second-order valence-corrected chi connectivity index (χ2v) is 11.3. The van der Waals surface area contributed by atoms with Gasteiger partial charge in [-0.15, -0.1) is 0 Å². The molecule has 0 fully saturated rings. The molecular formula is C44H31N. The van der Waals surface area contributed by atoms with Crippen LogP contribution < -0.4 is 4.90 Å². The van der Waals surface area contributed by atoms with Gasteiger partial charge in [0.1, 0.15) is 0 Å². The van der Waals surface area contributed by atoms with Crippen LogP contribution >= 0.6 is 0 Å². The predicted molar refractivity (Wildman–Crippen MR) is 192 cm³/mol. The molecule has 1 heteroatoms. The molecule has 0 aliphatic carbocycles. The third kappa shape index (κ3) is 4.95. The molecule has 8 rings (SSSR count). The lowest BCUT2D eigenvalue weighted by Crippen LogP contribution is -2.13. The van der Waals surface area contributed by atoms with Crippen LogP contribution in [-0.2, 0) is 0 Å². The second kappa shape index (κ2) is 11.6. The second-order valence-electron chi connectivity index (χ2n) is 11.3. The zero-order valence-electron chi connectivity index (χ0n) is 24.8. The van der Waals surface area contributed by atoms with Gasteiger partial charge in [-0.25, -0.2) is 0 Å². The van der Waals surface area contributed by atoms with E-state index in [-0.39, 0.29) is 0 Å². The van der Waals surface area contributed by atoms with Crippen molar-refractivity contribution in [2.24, 2.45) is 0 Å². The number of rotatable bonds is 6. The Labute approximate surface area is 264 Å². The van der Waals surface area contributed by atoms with Crippen LogP contribution in [0.1, 0.15) is 0 Å². The van der Waals surface area contributed by atoms with Crippen molar-refractivity contribution in [2.45, 2.75) is 0 Å². The maximum Gasteiger partial charge on any atom is 0.0546 e. The molecule has 0 radical (unpaired) electrons. The first kappa shape index (κ1) is 26.7.